The van der Waals surface area contributed by atoms with Gasteiger partial charge in [0.1, 0.15) is 5.75 Å². The first-order valence-corrected chi connectivity index (χ1v) is 10.0. The summed E-state index contributed by atoms with van der Waals surface area (Å²) in [5.41, 5.74) is 4.59. The van der Waals surface area contributed by atoms with E-state index >= 15 is 0 Å². The fourth-order valence-electron chi connectivity index (χ4n) is 3.91. The van der Waals surface area contributed by atoms with Gasteiger partial charge in [-0.2, -0.15) is 0 Å². The standard InChI is InChI=1S/C23H27N3O3/c1-15-10-18(26-9-3-4-19(27)14-26)6-8-21(15)24-13-17-11-16-5-7-20(29-2)12-22(16)25-23(17)28/h5-8,10-12,19,24,27H,3-4,9,13-14H2,1-2H3,(H,25,28)/t19-/m1/s1. The molecule has 3 aromatic rings. The number of aromatic amines is 1. The number of β-amino-alcohol motifs (C(OH)–C–C–N with tert-alkyl or cyclic N) is 1. The summed E-state index contributed by atoms with van der Waals surface area (Å²) in [5, 5.41) is 14.3. The van der Waals surface area contributed by atoms with Crippen LogP contribution in [0.25, 0.3) is 10.9 Å². The number of benzene rings is 2. The number of methoxy groups -OCH3 is 1. The summed E-state index contributed by atoms with van der Waals surface area (Å²) in [7, 11) is 1.61. The first-order valence-electron chi connectivity index (χ1n) is 10.0. The van der Waals surface area contributed by atoms with Gasteiger partial charge in [0.2, 0.25) is 0 Å². The fraction of sp³-hybridized carbons (Fsp3) is 0.348. The Bertz CT molecular complexity index is 1080. The molecule has 3 N–H and O–H groups in total. The Hall–Kier alpha value is -2.99. The Balaban J connectivity index is 1.50. The van der Waals surface area contributed by atoms with Gasteiger partial charge in [-0.3, -0.25) is 4.79 Å². The average molecular weight is 393 g/mol. The molecule has 152 valence electrons. The summed E-state index contributed by atoms with van der Waals surface area (Å²) in [6.45, 7) is 4.16. The van der Waals surface area contributed by atoms with Crippen LogP contribution in [0.1, 0.15) is 24.0 Å². The number of pyridine rings is 1. The zero-order chi connectivity index (χ0) is 20.4. The van der Waals surface area contributed by atoms with Crippen LogP contribution in [0.5, 0.6) is 5.75 Å². The van der Waals surface area contributed by atoms with Crippen LogP contribution in [0, 0.1) is 6.92 Å². The number of piperidine rings is 1. The summed E-state index contributed by atoms with van der Waals surface area (Å²) >= 11 is 0. The first kappa shape index (κ1) is 19.3. The second-order valence-electron chi connectivity index (χ2n) is 7.67. The van der Waals surface area contributed by atoms with Crippen molar-refractivity contribution in [1.82, 2.24) is 4.98 Å². The van der Waals surface area contributed by atoms with E-state index in [0.29, 0.717) is 18.7 Å². The molecular formula is C23H27N3O3. The maximum Gasteiger partial charge on any atom is 0.253 e. The molecule has 4 rings (SSSR count). The molecule has 0 bridgehead atoms. The summed E-state index contributed by atoms with van der Waals surface area (Å²) in [6.07, 6.45) is 1.64. The molecule has 1 fully saturated rings. The van der Waals surface area contributed by atoms with Crippen molar-refractivity contribution >= 4 is 22.3 Å². The van der Waals surface area contributed by atoms with Crippen LogP contribution in [0.2, 0.25) is 0 Å². The SMILES string of the molecule is COc1ccc2cc(CNc3ccc(N4CCC[C@@H](O)C4)cc3C)c(=O)[nH]c2c1. The smallest absolute Gasteiger partial charge is 0.253 e. The van der Waals surface area contributed by atoms with Gasteiger partial charge >= 0.3 is 0 Å². The van der Waals surface area contributed by atoms with E-state index in [1.165, 1.54) is 0 Å². The van der Waals surface area contributed by atoms with Crippen LogP contribution in [0.4, 0.5) is 11.4 Å². The molecule has 2 aromatic carbocycles. The van der Waals surface area contributed by atoms with E-state index in [1.807, 2.05) is 30.3 Å². The van der Waals surface area contributed by atoms with Gasteiger partial charge in [-0.1, -0.05) is 0 Å². The lowest BCUT2D eigenvalue weighted by Gasteiger charge is -2.32. The minimum Gasteiger partial charge on any atom is -0.497 e. The highest BCUT2D eigenvalue weighted by Crippen LogP contribution is 2.26. The number of H-pyrrole nitrogens is 1. The predicted octanol–water partition coefficient (Wildman–Crippen LogP) is 3.42. The minimum atomic E-state index is -0.249. The van der Waals surface area contributed by atoms with Crippen LogP contribution in [-0.4, -0.2) is 36.4 Å². The number of hydrogen-bond acceptors (Lipinski definition) is 5. The number of nitrogens with one attached hydrogen (secondary N) is 2. The summed E-state index contributed by atoms with van der Waals surface area (Å²) in [6, 6.07) is 13.8. The second kappa shape index (κ2) is 8.17. The third-order valence-electron chi connectivity index (χ3n) is 5.57. The second-order valence-corrected chi connectivity index (χ2v) is 7.67. The number of nitrogens with zero attached hydrogens (tertiary/aromatic N) is 1. The van der Waals surface area contributed by atoms with Crippen molar-refractivity contribution in [1.29, 1.82) is 0 Å². The number of aliphatic hydroxyl groups excluding tert-OH is 1. The van der Waals surface area contributed by atoms with Gasteiger partial charge in [0.05, 0.1) is 18.7 Å². The van der Waals surface area contributed by atoms with Crippen molar-refractivity contribution < 1.29 is 9.84 Å². The molecule has 0 unspecified atom stereocenters. The molecule has 1 aromatic heterocycles. The van der Waals surface area contributed by atoms with E-state index in [-0.39, 0.29) is 11.7 Å². The Kier molecular flexibility index (Phi) is 5.45. The van der Waals surface area contributed by atoms with Crippen LogP contribution < -0.4 is 20.5 Å². The zero-order valence-corrected chi connectivity index (χ0v) is 16.9. The van der Waals surface area contributed by atoms with Gasteiger partial charge in [-0.05, 0) is 67.1 Å². The van der Waals surface area contributed by atoms with Crippen molar-refractivity contribution in [2.45, 2.75) is 32.4 Å². The third-order valence-corrected chi connectivity index (χ3v) is 5.57. The van der Waals surface area contributed by atoms with Crippen LogP contribution in [0.15, 0.2) is 47.3 Å². The molecule has 29 heavy (non-hydrogen) atoms. The van der Waals surface area contributed by atoms with Crippen molar-refractivity contribution in [3.8, 4) is 5.75 Å². The predicted molar refractivity (Wildman–Crippen MR) is 117 cm³/mol. The number of hydrogen-bond donors (Lipinski definition) is 3. The van der Waals surface area contributed by atoms with Crippen LogP contribution >= 0.6 is 0 Å². The molecule has 0 spiro atoms. The molecule has 6 nitrogen and oxygen atoms in total. The first-order chi connectivity index (χ1) is 14.0. The molecule has 1 saturated heterocycles. The number of ether oxygens (including phenoxy) is 1. The molecule has 1 aliphatic heterocycles. The van der Waals surface area contributed by atoms with Gasteiger partial charge < -0.3 is 25.0 Å². The van der Waals surface area contributed by atoms with E-state index in [9.17, 15) is 9.90 Å². The molecule has 0 aliphatic carbocycles. The van der Waals surface area contributed by atoms with Gasteiger partial charge in [0.25, 0.3) is 5.56 Å². The molecule has 1 aliphatic rings. The molecular weight excluding hydrogens is 366 g/mol. The molecule has 0 amide bonds. The maximum absolute atomic E-state index is 12.5. The minimum absolute atomic E-state index is 0.102. The van der Waals surface area contributed by atoms with E-state index in [0.717, 1.165) is 53.0 Å². The highest BCUT2D eigenvalue weighted by atomic mass is 16.5. The van der Waals surface area contributed by atoms with Crippen molar-refractivity contribution in [3.63, 3.8) is 0 Å². The summed E-state index contributed by atoms with van der Waals surface area (Å²) in [4.78, 5) is 17.6. The largest absolute Gasteiger partial charge is 0.497 e. The number of aromatic nitrogens is 1. The third kappa shape index (κ3) is 4.22. The lowest BCUT2D eigenvalue weighted by atomic mass is 10.1. The van der Waals surface area contributed by atoms with Gasteiger partial charge in [-0.25, -0.2) is 0 Å². The van der Waals surface area contributed by atoms with E-state index < -0.39 is 0 Å². The van der Waals surface area contributed by atoms with Crippen LogP contribution in [-0.2, 0) is 6.54 Å². The van der Waals surface area contributed by atoms with Crippen molar-refractivity contribution in [2.24, 2.45) is 0 Å². The summed E-state index contributed by atoms with van der Waals surface area (Å²) in [5.74, 6) is 0.718. The highest BCUT2D eigenvalue weighted by Gasteiger charge is 2.18. The number of anilines is 2. The molecule has 2 heterocycles. The lowest BCUT2D eigenvalue weighted by molar-refractivity contribution is 0.154. The fourth-order valence-corrected chi connectivity index (χ4v) is 3.91. The van der Waals surface area contributed by atoms with Gasteiger partial charge in [-0.15, -0.1) is 0 Å². The number of aryl methyl sites for hydroxylation is 1. The van der Waals surface area contributed by atoms with Crippen molar-refractivity contribution in [2.75, 3.05) is 30.4 Å². The summed E-state index contributed by atoms with van der Waals surface area (Å²) < 4.78 is 5.22. The highest BCUT2D eigenvalue weighted by molar-refractivity contribution is 5.80. The number of rotatable bonds is 5. The number of aliphatic hydroxyl groups is 1. The monoisotopic (exact) mass is 393 g/mol. The average Bonchev–Trinajstić information content (AvgIpc) is 2.72. The lowest BCUT2D eigenvalue weighted by Crippen LogP contribution is -2.38. The maximum atomic E-state index is 12.5. The molecule has 6 heteroatoms. The normalized spacial score (nSPS) is 16.8. The number of fused-ring (bicyclic) bond motifs is 1. The molecule has 1 atom stereocenters. The molecule has 0 radical (unpaired) electrons. The van der Waals surface area contributed by atoms with E-state index in [2.05, 4.69) is 34.3 Å². The van der Waals surface area contributed by atoms with Gasteiger partial charge in [0, 0.05) is 42.6 Å². The molecule has 0 saturated carbocycles. The van der Waals surface area contributed by atoms with E-state index in [1.54, 1.807) is 7.11 Å². The van der Waals surface area contributed by atoms with Crippen LogP contribution in [0.3, 0.4) is 0 Å². The van der Waals surface area contributed by atoms with E-state index in [4.69, 9.17) is 4.74 Å². The Morgan fingerprint density at radius 2 is 2.10 bits per heavy atom. The zero-order valence-electron chi connectivity index (χ0n) is 16.9. The van der Waals surface area contributed by atoms with Gasteiger partial charge in [0.15, 0.2) is 0 Å². The Labute approximate surface area is 170 Å². The Morgan fingerprint density at radius 3 is 2.86 bits per heavy atom. The quantitative estimate of drug-likeness (QED) is 0.619. The topological polar surface area (TPSA) is 77.6 Å². The van der Waals surface area contributed by atoms with Crippen molar-refractivity contribution in [3.05, 3.63) is 63.9 Å². The Morgan fingerprint density at radius 1 is 1.24 bits per heavy atom.